The fraction of sp³-hybridized carbons (Fsp3) is 0.231. The van der Waals surface area contributed by atoms with E-state index in [0.717, 1.165) is 40.8 Å². The lowest BCUT2D eigenvalue weighted by molar-refractivity contribution is 0.218. The van der Waals surface area contributed by atoms with E-state index in [1.165, 1.54) is 4.57 Å². The van der Waals surface area contributed by atoms with Crippen molar-refractivity contribution >= 4 is 0 Å². The van der Waals surface area contributed by atoms with E-state index in [1.54, 1.807) is 19.3 Å². The summed E-state index contributed by atoms with van der Waals surface area (Å²) in [6.45, 7) is 7.67. The Morgan fingerprint density at radius 1 is 0.917 bits per heavy atom. The maximum absolute atomic E-state index is 14.1. The van der Waals surface area contributed by atoms with E-state index in [1.807, 2.05) is 92.7 Å². The SMILES string of the molecule is CCCCc1nc(C)n(-c2ncc(OC(C)c3nc(-c4ccccc4)oc3C)cn2)c(=O)c1Cc1ccc(-c2ccccc2C#N)cc1. The Bertz CT molecular complexity index is 2130. The average Bonchev–Trinajstić information content (AvgIpc) is 3.51. The number of aryl methyl sites for hydroxylation is 3. The van der Waals surface area contributed by atoms with Crippen molar-refractivity contribution in [3.05, 3.63) is 141 Å². The normalized spacial score (nSPS) is 11.6. The van der Waals surface area contributed by atoms with Crippen LogP contribution < -0.4 is 10.3 Å². The summed E-state index contributed by atoms with van der Waals surface area (Å²) >= 11 is 0. The highest BCUT2D eigenvalue weighted by atomic mass is 16.5. The van der Waals surface area contributed by atoms with Crippen LogP contribution >= 0.6 is 0 Å². The second kappa shape index (κ2) is 14.3. The summed E-state index contributed by atoms with van der Waals surface area (Å²) in [7, 11) is 0. The summed E-state index contributed by atoms with van der Waals surface area (Å²) in [4.78, 5) is 32.7. The Labute approximate surface area is 279 Å². The lowest BCUT2D eigenvalue weighted by atomic mass is 9.97. The van der Waals surface area contributed by atoms with Crippen LogP contribution in [0.5, 0.6) is 5.75 Å². The van der Waals surface area contributed by atoms with Crippen LogP contribution in [0.3, 0.4) is 0 Å². The van der Waals surface area contributed by atoms with Gasteiger partial charge < -0.3 is 9.15 Å². The number of rotatable bonds is 11. The molecule has 6 rings (SSSR count). The molecule has 0 aliphatic heterocycles. The Hall–Kier alpha value is -5.88. The lowest BCUT2D eigenvalue weighted by Gasteiger charge is -2.16. The van der Waals surface area contributed by atoms with Crippen molar-refractivity contribution < 1.29 is 9.15 Å². The molecule has 6 aromatic rings. The minimum Gasteiger partial charge on any atom is -0.481 e. The van der Waals surface area contributed by atoms with E-state index < -0.39 is 6.10 Å². The molecule has 0 radical (unpaired) electrons. The summed E-state index contributed by atoms with van der Waals surface area (Å²) in [5.74, 6) is 2.38. The molecule has 0 saturated heterocycles. The number of hydrogen-bond acceptors (Lipinski definition) is 8. The number of oxazole rings is 1. The number of aromatic nitrogens is 5. The second-order valence-electron chi connectivity index (χ2n) is 11.7. The summed E-state index contributed by atoms with van der Waals surface area (Å²) in [6, 6.07) is 27.5. The predicted octanol–water partition coefficient (Wildman–Crippen LogP) is 7.91. The number of nitriles is 1. The van der Waals surface area contributed by atoms with Gasteiger partial charge in [-0.25, -0.2) is 24.5 Å². The number of nitrogens with zero attached hydrogens (tertiary/aromatic N) is 6. The molecular formula is C39H36N6O3. The standard InChI is InChI=1S/C39H36N6O3/c1-5-6-16-35-34(21-28-17-19-29(20-18-28)33-15-11-10-14-31(33)22-40)38(46)45(27(4)43-35)39-41-23-32(24-42-39)47-25(2)36-26(3)48-37(44-36)30-12-8-7-9-13-30/h7-15,17-20,23-25H,5-6,16,21H2,1-4H3. The topological polar surface area (TPSA) is 120 Å². The van der Waals surface area contributed by atoms with Crippen LogP contribution in [0.15, 0.2) is 100 Å². The fourth-order valence-corrected chi connectivity index (χ4v) is 5.76. The first-order valence-electron chi connectivity index (χ1n) is 16.1. The number of benzene rings is 3. The van der Waals surface area contributed by atoms with Gasteiger partial charge >= 0.3 is 0 Å². The number of hydrogen-bond donors (Lipinski definition) is 0. The molecule has 0 aliphatic carbocycles. The van der Waals surface area contributed by atoms with Crippen LogP contribution in [-0.4, -0.2) is 24.5 Å². The summed E-state index contributed by atoms with van der Waals surface area (Å²) in [5, 5.41) is 9.53. The van der Waals surface area contributed by atoms with Crippen LogP contribution in [0.2, 0.25) is 0 Å². The Morgan fingerprint density at radius 3 is 2.33 bits per heavy atom. The van der Waals surface area contributed by atoms with E-state index in [4.69, 9.17) is 14.1 Å². The van der Waals surface area contributed by atoms with Crippen LogP contribution in [0.4, 0.5) is 0 Å². The third kappa shape index (κ3) is 6.79. The molecular weight excluding hydrogens is 600 g/mol. The van der Waals surface area contributed by atoms with Crippen LogP contribution in [-0.2, 0) is 12.8 Å². The van der Waals surface area contributed by atoms with E-state index in [-0.39, 0.29) is 11.5 Å². The Morgan fingerprint density at radius 2 is 1.62 bits per heavy atom. The summed E-state index contributed by atoms with van der Waals surface area (Å²) in [6.07, 6.45) is 5.71. The molecule has 3 aromatic carbocycles. The van der Waals surface area contributed by atoms with Gasteiger partial charge in [0, 0.05) is 17.5 Å². The third-order valence-electron chi connectivity index (χ3n) is 8.26. The van der Waals surface area contributed by atoms with Crippen LogP contribution in [0.25, 0.3) is 28.5 Å². The van der Waals surface area contributed by atoms with Gasteiger partial charge in [0.2, 0.25) is 11.8 Å². The molecule has 9 nitrogen and oxygen atoms in total. The van der Waals surface area contributed by atoms with Gasteiger partial charge in [-0.05, 0) is 68.5 Å². The highest BCUT2D eigenvalue weighted by Crippen LogP contribution is 2.28. The first kappa shape index (κ1) is 32.1. The smallest absolute Gasteiger partial charge is 0.264 e. The minimum atomic E-state index is -0.420. The van der Waals surface area contributed by atoms with E-state index in [2.05, 4.69) is 27.9 Å². The van der Waals surface area contributed by atoms with E-state index >= 15 is 0 Å². The highest BCUT2D eigenvalue weighted by molar-refractivity contribution is 5.70. The molecule has 1 atom stereocenters. The second-order valence-corrected chi connectivity index (χ2v) is 11.7. The molecule has 0 N–H and O–H groups in total. The third-order valence-corrected chi connectivity index (χ3v) is 8.26. The van der Waals surface area contributed by atoms with Gasteiger partial charge in [0.15, 0.2) is 5.75 Å². The first-order valence-corrected chi connectivity index (χ1v) is 16.1. The molecule has 3 aromatic heterocycles. The lowest BCUT2D eigenvalue weighted by Crippen LogP contribution is -2.29. The monoisotopic (exact) mass is 636 g/mol. The zero-order valence-electron chi connectivity index (χ0n) is 27.5. The van der Waals surface area contributed by atoms with Gasteiger partial charge in [-0.3, -0.25) is 4.79 Å². The quantitative estimate of drug-likeness (QED) is 0.141. The highest BCUT2D eigenvalue weighted by Gasteiger charge is 2.21. The molecule has 0 spiro atoms. The van der Waals surface area contributed by atoms with Crippen molar-refractivity contribution in [2.75, 3.05) is 0 Å². The maximum Gasteiger partial charge on any atom is 0.264 e. The first-order chi connectivity index (χ1) is 23.4. The molecule has 0 saturated carbocycles. The molecule has 240 valence electrons. The zero-order chi connectivity index (χ0) is 33.6. The molecule has 1 unspecified atom stereocenters. The van der Waals surface area contributed by atoms with E-state index in [0.29, 0.717) is 52.9 Å². The van der Waals surface area contributed by atoms with Crippen molar-refractivity contribution in [3.63, 3.8) is 0 Å². The maximum atomic E-state index is 14.1. The summed E-state index contributed by atoms with van der Waals surface area (Å²) in [5.41, 5.74) is 6.20. The van der Waals surface area contributed by atoms with Gasteiger partial charge in [-0.2, -0.15) is 5.26 Å². The number of ether oxygens (including phenoxy) is 1. The Kier molecular flexibility index (Phi) is 9.53. The number of unbranched alkanes of at least 4 members (excludes halogenated alkanes) is 1. The van der Waals surface area contributed by atoms with E-state index in [9.17, 15) is 10.1 Å². The molecule has 3 heterocycles. The van der Waals surface area contributed by atoms with Gasteiger partial charge in [-0.15, -0.1) is 0 Å². The van der Waals surface area contributed by atoms with Gasteiger partial charge in [0.25, 0.3) is 5.56 Å². The van der Waals surface area contributed by atoms with Gasteiger partial charge in [-0.1, -0.05) is 74.0 Å². The summed E-state index contributed by atoms with van der Waals surface area (Å²) < 4.78 is 13.5. The molecule has 48 heavy (non-hydrogen) atoms. The van der Waals surface area contributed by atoms with Crippen molar-refractivity contribution in [3.8, 4) is 40.3 Å². The van der Waals surface area contributed by atoms with Crippen molar-refractivity contribution in [2.45, 2.75) is 59.5 Å². The average molecular weight is 637 g/mol. The zero-order valence-corrected chi connectivity index (χ0v) is 27.5. The van der Waals surface area contributed by atoms with Crippen LogP contribution in [0, 0.1) is 25.2 Å². The van der Waals surface area contributed by atoms with Crippen molar-refractivity contribution in [1.29, 1.82) is 5.26 Å². The van der Waals surface area contributed by atoms with Gasteiger partial charge in [0.1, 0.15) is 23.4 Å². The molecule has 9 heteroatoms. The predicted molar refractivity (Wildman–Crippen MR) is 184 cm³/mol. The largest absolute Gasteiger partial charge is 0.481 e. The minimum absolute atomic E-state index is 0.193. The molecule has 0 aliphatic rings. The van der Waals surface area contributed by atoms with Crippen molar-refractivity contribution in [1.82, 2.24) is 24.5 Å². The fourth-order valence-electron chi connectivity index (χ4n) is 5.76. The Balaban J connectivity index is 1.25. The van der Waals surface area contributed by atoms with Crippen LogP contribution in [0.1, 0.15) is 72.5 Å². The van der Waals surface area contributed by atoms with Crippen molar-refractivity contribution in [2.24, 2.45) is 0 Å². The van der Waals surface area contributed by atoms with Gasteiger partial charge in [0.05, 0.1) is 29.7 Å². The molecule has 0 fully saturated rings. The molecule has 0 amide bonds. The molecule has 0 bridgehead atoms.